The van der Waals surface area contributed by atoms with Gasteiger partial charge in [0.1, 0.15) is 0 Å². The highest BCUT2D eigenvalue weighted by Gasteiger charge is 2.39. The number of urea groups is 1. The number of nitrogens with one attached hydrogen (secondary N) is 2. The van der Waals surface area contributed by atoms with E-state index in [0.29, 0.717) is 19.6 Å². The predicted octanol–water partition coefficient (Wildman–Crippen LogP) is 4.56. The quantitative estimate of drug-likeness (QED) is 0.800. The molecule has 1 heterocycles. The van der Waals surface area contributed by atoms with E-state index in [1.165, 1.54) is 0 Å². The molecular formula is C24H31N3O2. The minimum atomic E-state index is -0.583. The fourth-order valence-corrected chi connectivity index (χ4v) is 4.04. The predicted molar refractivity (Wildman–Crippen MR) is 117 cm³/mol. The first kappa shape index (κ1) is 20.9. The van der Waals surface area contributed by atoms with Crippen molar-refractivity contribution < 1.29 is 9.59 Å². The van der Waals surface area contributed by atoms with Crippen LogP contribution in [0.3, 0.4) is 0 Å². The summed E-state index contributed by atoms with van der Waals surface area (Å²) in [5.41, 5.74) is 4.71. The van der Waals surface area contributed by atoms with Crippen LogP contribution < -0.4 is 10.6 Å². The summed E-state index contributed by atoms with van der Waals surface area (Å²) in [4.78, 5) is 27.5. The van der Waals surface area contributed by atoms with E-state index in [0.717, 1.165) is 40.8 Å². The van der Waals surface area contributed by atoms with Gasteiger partial charge in [0, 0.05) is 25.3 Å². The second kappa shape index (κ2) is 8.68. The Morgan fingerprint density at radius 3 is 2.45 bits per heavy atom. The highest BCUT2D eigenvalue weighted by Crippen LogP contribution is 2.30. The van der Waals surface area contributed by atoms with Gasteiger partial charge < -0.3 is 15.5 Å². The van der Waals surface area contributed by atoms with Crippen molar-refractivity contribution in [1.29, 1.82) is 0 Å². The lowest BCUT2D eigenvalue weighted by molar-refractivity contribution is -0.132. The Bertz CT molecular complexity index is 888. The Hall–Kier alpha value is -2.82. The van der Waals surface area contributed by atoms with Crippen molar-refractivity contribution in [3.05, 3.63) is 64.7 Å². The lowest BCUT2D eigenvalue weighted by atomic mass is 9.81. The normalized spacial score (nSPS) is 19.0. The van der Waals surface area contributed by atoms with E-state index in [9.17, 15) is 9.59 Å². The summed E-state index contributed by atoms with van der Waals surface area (Å²) in [6, 6.07) is 13.9. The molecule has 0 radical (unpaired) electrons. The van der Waals surface area contributed by atoms with Crippen molar-refractivity contribution in [3.63, 3.8) is 0 Å². The van der Waals surface area contributed by atoms with Crippen LogP contribution in [-0.4, -0.2) is 29.9 Å². The third-order valence-electron chi connectivity index (χ3n) is 5.71. The van der Waals surface area contributed by atoms with Crippen LogP contribution in [0.1, 0.15) is 42.0 Å². The highest BCUT2D eigenvalue weighted by atomic mass is 16.2. The molecule has 154 valence electrons. The summed E-state index contributed by atoms with van der Waals surface area (Å²) in [7, 11) is 0. The van der Waals surface area contributed by atoms with E-state index in [1.807, 2.05) is 64.1 Å². The van der Waals surface area contributed by atoms with Crippen molar-refractivity contribution in [2.45, 2.75) is 47.1 Å². The van der Waals surface area contributed by atoms with Crippen molar-refractivity contribution >= 4 is 17.6 Å². The van der Waals surface area contributed by atoms with Gasteiger partial charge in [0.25, 0.3) is 0 Å². The number of hydrogen-bond acceptors (Lipinski definition) is 2. The lowest BCUT2D eigenvalue weighted by Gasteiger charge is -2.39. The van der Waals surface area contributed by atoms with Crippen LogP contribution in [-0.2, 0) is 11.3 Å². The second-order valence-corrected chi connectivity index (χ2v) is 8.50. The number of nitrogens with zero attached hydrogens (tertiary/aromatic N) is 1. The molecule has 1 saturated heterocycles. The first-order valence-corrected chi connectivity index (χ1v) is 10.2. The van der Waals surface area contributed by atoms with Crippen molar-refractivity contribution in [2.75, 3.05) is 18.4 Å². The molecule has 0 aromatic heterocycles. The van der Waals surface area contributed by atoms with Gasteiger partial charge in [-0.25, -0.2) is 4.79 Å². The van der Waals surface area contributed by atoms with E-state index in [-0.39, 0.29) is 11.9 Å². The van der Waals surface area contributed by atoms with Crippen LogP contribution in [0.15, 0.2) is 42.5 Å². The van der Waals surface area contributed by atoms with E-state index < -0.39 is 5.41 Å². The molecule has 3 rings (SSSR count). The van der Waals surface area contributed by atoms with Crippen LogP contribution in [0.25, 0.3) is 0 Å². The maximum atomic E-state index is 13.0. The van der Waals surface area contributed by atoms with E-state index in [1.54, 1.807) is 4.90 Å². The van der Waals surface area contributed by atoms with Crippen molar-refractivity contribution in [1.82, 2.24) is 10.2 Å². The lowest BCUT2D eigenvalue weighted by Crippen LogP contribution is -2.52. The molecular weight excluding hydrogens is 362 g/mol. The molecule has 29 heavy (non-hydrogen) atoms. The van der Waals surface area contributed by atoms with Crippen LogP contribution in [0, 0.1) is 26.2 Å². The minimum absolute atomic E-state index is 0.00431. The average Bonchev–Trinajstić information content (AvgIpc) is 2.66. The first-order chi connectivity index (χ1) is 13.8. The Morgan fingerprint density at radius 2 is 1.76 bits per heavy atom. The zero-order valence-corrected chi connectivity index (χ0v) is 17.8. The number of rotatable bonds is 4. The van der Waals surface area contributed by atoms with Crippen LogP contribution >= 0.6 is 0 Å². The molecule has 0 bridgehead atoms. The minimum Gasteiger partial charge on any atom is -0.351 e. The fourth-order valence-electron chi connectivity index (χ4n) is 4.04. The van der Waals surface area contributed by atoms with Crippen LogP contribution in [0.2, 0.25) is 0 Å². The first-order valence-electron chi connectivity index (χ1n) is 10.2. The third-order valence-corrected chi connectivity index (χ3v) is 5.71. The zero-order chi connectivity index (χ0) is 21.0. The molecule has 2 N–H and O–H groups in total. The summed E-state index contributed by atoms with van der Waals surface area (Å²) in [6.07, 6.45) is 1.59. The maximum Gasteiger partial charge on any atom is 0.321 e. The third kappa shape index (κ3) is 5.17. The van der Waals surface area contributed by atoms with E-state index in [2.05, 4.69) is 16.7 Å². The Labute approximate surface area is 173 Å². The second-order valence-electron chi connectivity index (χ2n) is 8.50. The smallest absolute Gasteiger partial charge is 0.321 e. The topological polar surface area (TPSA) is 61.4 Å². The number of anilines is 1. The van der Waals surface area contributed by atoms with Crippen molar-refractivity contribution in [2.24, 2.45) is 5.41 Å². The molecule has 2 aromatic rings. The van der Waals surface area contributed by atoms with Crippen LogP contribution in [0.5, 0.6) is 0 Å². The number of carbonyl (C=O) groups is 2. The number of aryl methyl sites for hydroxylation is 3. The standard InChI is InChI=1S/C24H31N3O2/c1-17-12-18(2)14-21(13-17)26-23(29)27-11-7-10-24(4,16-27)22(28)25-15-20-9-6-5-8-19(20)3/h5-6,8-9,12-14H,7,10-11,15-16H2,1-4H3,(H,25,28)(H,26,29). The van der Waals surface area contributed by atoms with Gasteiger partial charge in [-0.1, -0.05) is 30.3 Å². The molecule has 1 aliphatic heterocycles. The van der Waals surface area contributed by atoms with Gasteiger partial charge in [0.05, 0.1) is 5.41 Å². The maximum absolute atomic E-state index is 13.0. The largest absolute Gasteiger partial charge is 0.351 e. The van der Waals surface area contributed by atoms with Crippen molar-refractivity contribution in [3.8, 4) is 0 Å². The SMILES string of the molecule is Cc1cc(C)cc(NC(=O)N2CCCC(C)(C(=O)NCc3ccccc3C)C2)c1. The average molecular weight is 394 g/mol. The molecule has 0 spiro atoms. The van der Waals surface area contributed by atoms with Gasteiger partial charge >= 0.3 is 6.03 Å². The van der Waals surface area contributed by atoms with Crippen LogP contribution in [0.4, 0.5) is 10.5 Å². The number of piperidine rings is 1. The molecule has 1 fully saturated rings. The molecule has 2 aromatic carbocycles. The summed E-state index contributed by atoms with van der Waals surface area (Å²) in [5, 5.41) is 6.07. The molecule has 5 heteroatoms. The highest BCUT2D eigenvalue weighted by molar-refractivity contribution is 5.90. The monoisotopic (exact) mass is 393 g/mol. The fraction of sp³-hybridized carbons (Fsp3) is 0.417. The molecule has 1 aliphatic rings. The number of likely N-dealkylation sites (tertiary alicyclic amines) is 1. The summed E-state index contributed by atoms with van der Waals surface area (Å²) >= 11 is 0. The van der Waals surface area contributed by atoms with Gasteiger partial charge in [-0.15, -0.1) is 0 Å². The number of hydrogen-bond donors (Lipinski definition) is 2. The Morgan fingerprint density at radius 1 is 1.07 bits per heavy atom. The number of benzene rings is 2. The van der Waals surface area contributed by atoms with Gasteiger partial charge in [0.2, 0.25) is 5.91 Å². The van der Waals surface area contributed by atoms with Gasteiger partial charge in [-0.05, 0) is 74.9 Å². The summed E-state index contributed by atoms with van der Waals surface area (Å²) in [5.74, 6) is 0.00431. The Balaban J connectivity index is 1.62. The molecule has 0 aliphatic carbocycles. The molecule has 5 nitrogen and oxygen atoms in total. The molecule has 3 amide bonds. The molecule has 0 saturated carbocycles. The zero-order valence-electron chi connectivity index (χ0n) is 17.8. The van der Waals surface area contributed by atoms with E-state index >= 15 is 0 Å². The number of carbonyl (C=O) groups excluding carboxylic acids is 2. The van der Waals surface area contributed by atoms with Gasteiger partial charge in [-0.3, -0.25) is 4.79 Å². The molecule has 1 unspecified atom stereocenters. The number of amides is 3. The van der Waals surface area contributed by atoms with E-state index in [4.69, 9.17) is 0 Å². The summed E-state index contributed by atoms with van der Waals surface area (Å²) in [6.45, 7) is 9.62. The summed E-state index contributed by atoms with van der Waals surface area (Å²) < 4.78 is 0. The van der Waals surface area contributed by atoms with Gasteiger partial charge in [0.15, 0.2) is 0 Å². The van der Waals surface area contributed by atoms with Gasteiger partial charge in [-0.2, -0.15) is 0 Å². The molecule has 1 atom stereocenters. The Kier molecular flexibility index (Phi) is 6.26.